The maximum atomic E-state index is 9.29. The maximum absolute atomic E-state index is 9.29. The molecule has 0 fully saturated rings. The van der Waals surface area contributed by atoms with Crippen molar-refractivity contribution >= 4 is 11.5 Å². The summed E-state index contributed by atoms with van der Waals surface area (Å²) in [4.78, 5) is 3.96. The number of nitrogen functional groups attached to an aromatic ring is 1. The molecule has 0 spiro atoms. The number of hydrogen-bond donors (Lipinski definition) is 5. The third-order valence-corrected chi connectivity index (χ3v) is 2.60. The lowest BCUT2D eigenvalue weighted by Crippen LogP contribution is -2.45. The number of anilines is 2. The molecule has 0 bridgehead atoms. The lowest BCUT2D eigenvalue weighted by atomic mass is 9.98. The number of hydrogen-bond acceptors (Lipinski definition) is 6. The smallest absolute Gasteiger partial charge is 0.141 e. The Labute approximate surface area is 94.5 Å². The van der Waals surface area contributed by atoms with Crippen molar-refractivity contribution in [3.63, 3.8) is 0 Å². The summed E-state index contributed by atoms with van der Waals surface area (Å²) in [7, 11) is 0. The van der Waals surface area contributed by atoms with Crippen LogP contribution in [-0.2, 0) is 0 Å². The monoisotopic (exact) mass is 226 g/mol. The Morgan fingerprint density at radius 1 is 1.44 bits per heavy atom. The van der Waals surface area contributed by atoms with Crippen LogP contribution in [0.2, 0.25) is 0 Å². The second-order valence-electron chi connectivity index (χ2n) is 3.65. The van der Waals surface area contributed by atoms with Gasteiger partial charge in [-0.2, -0.15) is 0 Å². The first-order chi connectivity index (χ1) is 7.69. The van der Waals surface area contributed by atoms with E-state index >= 15 is 0 Å². The summed E-state index contributed by atoms with van der Waals surface area (Å²) in [5.41, 5.74) is 2.46. The van der Waals surface area contributed by atoms with Crippen LogP contribution >= 0.6 is 0 Å². The third kappa shape index (κ3) is 2.82. The first kappa shape index (κ1) is 12.7. The number of nitrogens with one attached hydrogen (secondary N) is 2. The van der Waals surface area contributed by atoms with E-state index in [2.05, 4.69) is 15.7 Å². The van der Waals surface area contributed by atoms with Crippen molar-refractivity contribution in [2.75, 3.05) is 24.0 Å². The second kappa shape index (κ2) is 5.64. The molecule has 16 heavy (non-hydrogen) atoms. The van der Waals surface area contributed by atoms with Crippen LogP contribution in [0.4, 0.5) is 11.5 Å². The highest BCUT2D eigenvalue weighted by Crippen LogP contribution is 2.19. The van der Waals surface area contributed by atoms with E-state index in [0.29, 0.717) is 12.2 Å². The molecule has 1 aromatic rings. The van der Waals surface area contributed by atoms with Crippen molar-refractivity contribution in [1.82, 2.24) is 4.98 Å². The minimum atomic E-state index is -0.715. The van der Waals surface area contributed by atoms with Gasteiger partial charge in [0.1, 0.15) is 5.82 Å². The van der Waals surface area contributed by atoms with Crippen LogP contribution in [-0.4, -0.2) is 33.9 Å². The summed E-state index contributed by atoms with van der Waals surface area (Å²) in [6.07, 6.45) is 2.19. The zero-order valence-electron chi connectivity index (χ0n) is 9.27. The number of nitrogens with two attached hydrogens (primary N) is 1. The summed E-state index contributed by atoms with van der Waals surface area (Å²) >= 11 is 0. The van der Waals surface area contributed by atoms with Gasteiger partial charge in [-0.1, -0.05) is 6.92 Å². The quantitative estimate of drug-likeness (QED) is 0.343. The molecule has 0 aromatic carbocycles. The van der Waals surface area contributed by atoms with Crippen LogP contribution in [0, 0.1) is 0 Å². The average molecular weight is 226 g/mol. The first-order valence-corrected chi connectivity index (χ1v) is 5.12. The van der Waals surface area contributed by atoms with Crippen molar-refractivity contribution in [2.45, 2.75) is 18.9 Å². The summed E-state index contributed by atoms with van der Waals surface area (Å²) in [5, 5.41) is 21.7. The fourth-order valence-corrected chi connectivity index (χ4v) is 1.33. The molecule has 0 aliphatic rings. The van der Waals surface area contributed by atoms with Crippen LogP contribution in [0.1, 0.15) is 13.3 Å². The van der Waals surface area contributed by atoms with Gasteiger partial charge in [0.05, 0.1) is 18.8 Å². The molecule has 0 atom stereocenters. The van der Waals surface area contributed by atoms with Gasteiger partial charge in [0.25, 0.3) is 0 Å². The SMILES string of the molecule is CCC(CO)(CO)Nc1ccnc(NN)c1. The topological polar surface area (TPSA) is 103 Å². The number of nitrogens with zero attached hydrogens (tertiary/aromatic N) is 1. The van der Waals surface area contributed by atoms with Crippen molar-refractivity contribution in [3.05, 3.63) is 18.3 Å². The third-order valence-electron chi connectivity index (χ3n) is 2.60. The van der Waals surface area contributed by atoms with Crippen LogP contribution in [0.3, 0.4) is 0 Å². The van der Waals surface area contributed by atoms with Crippen LogP contribution < -0.4 is 16.6 Å². The van der Waals surface area contributed by atoms with E-state index in [0.717, 1.165) is 5.69 Å². The van der Waals surface area contributed by atoms with E-state index in [9.17, 15) is 10.2 Å². The summed E-state index contributed by atoms with van der Waals surface area (Å²) in [5.74, 6) is 5.76. The molecule has 1 heterocycles. The average Bonchev–Trinajstić information content (AvgIpc) is 2.36. The zero-order chi connectivity index (χ0) is 12.0. The van der Waals surface area contributed by atoms with E-state index in [1.807, 2.05) is 6.92 Å². The number of hydrazine groups is 1. The lowest BCUT2D eigenvalue weighted by Gasteiger charge is -2.30. The molecule has 0 saturated carbocycles. The van der Waals surface area contributed by atoms with Crippen molar-refractivity contribution in [3.8, 4) is 0 Å². The molecule has 1 aromatic heterocycles. The molecule has 0 radical (unpaired) electrons. The zero-order valence-corrected chi connectivity index (χ0v) is 9.27. The minimum Gasteiger partial charge on any atom is -0.394 e. The number of pyridine rings is 1. The Balaban J connectivity index is 2.84. The Hall–Kier alpha value is -1.37. The van der Waals surface area contributed by atoms with Gasteiger partial charge in [0.15, 0.2) is 0 Å². The molecule has 0 amide bonds. The largest absolute Gasteiger partial charge is 0.394 e. The lowest BCUT2D eigenvalue weighted by molar-refractivity contribution is 0.132. The highest BCUT2D eigenvalue weighted by molar-refractivity contribution is 5.52. The molecule has 0 unspecified atom stereocenters. The number of aliphatic hydroxyl groups excluding tert-OH is 2. The Kier molecular flexibility index (Phi) is 4.48. The van der Waals surface area contributed by atoms with E-state index in [4.69, 9.17) is 5.84 Å². The summed E-state index contributed by atoms with van der Waals surface area (Å²) in [6.45, 7) is 1.60. The van der Waals surface area contributed by atoms with E-state index in [1.54, 1.807) is 18.3 Å². The van der Waals surface area contributed by atoms with Crippen molar-refractivity contribution in [2.24, 2.45) is 5.84 Å². The standard InChI is InChI=1S/C10H18N4O2/c1-2-10(6-15,7-16)13-8-3-4-12-9(5-8)14-11/h3-5,15-16H,2,6-7,11H2,1H3,(H2,12,13,14). The molecule has 0 saturated heterocycles. The van der Waals surface area contributed by atoms with Gasteiger partial charge < -0.3 is 21.0 Å². The van der Waals surface area contributed by atoms with E-state index in [1.165, 1.54) is 0 Å². The summed E-state index contributed by atoms with van der Waals surface area (Å²) in [6, 6.07) is 3.45. The van der Waals surface area contributed by atoms with Gasteiger partial charge in [0.2, 0.25) is 0 Å². The fraction of sp³-hybridized carbons (Fsp3) is 0.500. The molecule has 90 valence electrons. The molecular formula is C10H18N4O2. The summed E-state index contributed by atoms with van der Waals surface area (Å²) < 4.78 is 0. The molecule has 0 aliphatic carbocycles. The molecule has 6 heteroatoms. The van der Waals surface area contributed by atoms with Gasteiger partial charge in [-0.05, 0) is 12.5 Å². The second-order valence-corrected chi connectivity index (χ2v) is 3.65. The van der Waals surface area contributed by atoms with Crippen molar-refractivity contribution < 1.29 is 10.2 Å². The minimum absolute atomic E-state index is 0.145. The van der Waals surface area contributed by atoms with E-state index < -0.39 is 5.54 Å². The normalized spacial score (nSPS) is 11.2. The number of rotatable bonds is 6. The maximum Gasteiger partial charge on any atom is 0.141 e. The van der Waals surface area contributed by atoms with Gasteiger partial charge in [0, 0.05) is 18.0 Å². The van der Waals surface area contributed by atoms with Crippen LogP contribution in [0.5, 0.6) is 0 Å². The van der Waals surface area contributed by atoms with Gasteiger partial charge >= 0.3 is 0 Å². The fourth-order valence-electron chi connectivity index (χ4n) is 1.33. The molecule has 6 nitrogen and oxygen atoms in total. The highest BCUT2D eigenvalue weighted by Gasteiger charge is 2.26. The highest BCUT2D eigenvalue weighted by atomic mass is 16.3. The predicted molar refractivity (Wildman–Crippen MR) is 62.9 cm³/mol. The Morgan fingerprint density at radius 3 is 2.62 bits per heavy atom. The Bertz CT molecular complexity index is 320. The number of aliphatic hydroxyl groups is 2. The number of aromatic nitrogens is 1. The predicted octanol–water partition coefficient (Wildman–Crippen LogP) is -0.0875. The van der Waals surface area contributed by atoms with Gasteiger partial charge in [-0.15, -0.1) is 0 Å². The van der Waals surface area contributed by atoms with Gasteiger partial charge in [-0.3, -0.25) is 0 Å². The first-order valence-electron chi connectivity index (χ1n) is 5.12. The van der Waals surface area contributed by atoms with Crippen molar-refractivity contribution in [1.29, 1.82) is 0 Å². The Morgan fingerprint density at radius 2 is 2.12 bits per heavy atom. The molecule has 1 rings (SSSR count). The van der Waals surface area contributed by atoms with Crippen LogP contribution in [0.25, 0.3) is 0 Å². The molecular weight excluding hydrogens is 208 g/mol. The molecule has 6 N–H and O–H groups in total. The van der Waals surface area contributed by atoms with Crippen LogP contribution in [0.15, 0.2) is 18.3 Å². The van der Waals surface area contributed by atoms with Gasteiger partial charge in [-0.25, -0.2) is 10.8 Å². The van der Waals surface area contributed by atoms with E-state index in [-0.39, 0.29) is 13.2 Å². The molecule has 0 aliphatic heterocycles.